The van der Waals surface area contributed by atoms with Gasteiger partial charge in [-0.2, -0.15) is 0 Å². The summed E-state index contributed by atoms with van der Waals surface area (Å²) in [6.07, 6.45) is 0. The summed E-state index contributed by atoms with van der Waals surface area (Å²) in [5.74, 6) is -0.993. The van der Waals surface area contributed by atoms with E-state index in [1.807, 2.05) is 37.3 Å². The fourth-order valence-electron chi connectivity index (χ4n) is 2.63. The van der Waals surface area contributed by atoms with Gasteiger partial charge < -0.3 is 10.1 Å². The van der Waals surface area contributed by atoms with Crippen molar-refractivity contribution in [3.05, 3.63) is 76.9 Å². The number of hydrogen-bond acceptors (Lipinski definition) is 4. The minimum absolute atomic E-state index is 0.182. The largest absolute Gasteiger partial charge is 0.452 e. The lowest BCUT2D eigenvalue weighted by Crippen LogP contribution is -2.31. The lowest BCUT2D eigenvalue weighted by Gasteiger charge is -2.14. The van der Waals surface area contributed by atoms with Crippen LogP contribution >= 0.6 is 11.6 Å². The Kier molecular flexibility index (Phi) is 5.49. The van der Waals surface area contributed by atoms with Crippen molar-refractivity contribution in [3.63, 3.8) is 0 Å². The molecular weight excluding hydrogens is 352 g/mol. The number of rotatable bonds is 5. The average Bonchev–Trinajstić information content (AvgIpc) is 2.66. The van der Waals surface area contributed by atoms with Gasteiger partial charge in [0.25, 0.3) is 5.91 Å². The van der Waals surface area contributed by atoms with Crippen LogP contribution in [0.3, 0.4) is 0 Å². The number of aromatic nitrogens is 1. The van der Waals surface area contributed by atoms with E-state index >= 15 is 0 Å². The number of ether oxygens (including phenoxy) is 1. The van der Waals surface area contributed by atoms with E-state index < -0.39 is 5.97 Å². The number of carbonyl (C=O) groups is 2. The molecule has 0 bridgehead atoms. The van der Waals surface area contributed by atoms with Crippen LogP contribution in [0.25, 0.3) is 10.9 Å². The number of carbonyl (C=O) groups excluding carboxylic acids is 2. The van der Waals surface area contributed by atoms with Gasteiger partial charge >= 0.3 is 5.97 Å². The predicted octanol–water partition coefficient (Wildman–Crippen LogP) is 3.92. The summed E-state index contributed by atoms with van der Waals surface area (Å²) in [7, 11) is 0. The van der Waals surface area contributed by atoms with Crippen LogP contribution in [0.1, 0.15) is 28.9 Å². The molecule has 6 heteroatoms. The third kappa shape index (κ3) is 4.18. The molecule has 0 aliphatic carbocycles. The lowest BCUT2D eigenvalue weighted by atomic mass is 10.1. The van der Waals surface area contributed by atoms with Gasteiger partial charge in [-0.1, -0.05) is 60.1 Å². The Bertz CT molecular complexity index is 944. The number of para-hydroxylation sites is 1. The Labute approximate surface area is 156 Å². The Morgan fingerprint density at radius 1 is 1.12 bits per heavy atom. The van der Waals surface area contributed by atoms with E-state index in [4.69, 9.17) is 16.3 Å². The topological polar surface area (TPSA) is 68.3 Å². The number of hydrogen-bond donors (Lipinski definition) is 1. The molecule has 3 rings (SSSR count). The summed E-state index contributed by atoms with van der Waals surface area (Å²) in [5.41, 5.74) is 1.85. The maximum absolute atomic E-state index is 12.4. The first-order chi connectivity index (χ1) is 12.5. The quantitative estimate of drug-likeness (QED) is 0.547. The van der Waals surface area contributed by atoms with E-state index in [1.165, 1.54) is 6.07 Å². The number of nitrogens with one attached hydrogen (secondary N) is 1. The molecule has 1 aromatic heterocycles. The first kappa shape index (κ1) is 17.9. The number of benzene rings is 2. The number of fused-ring (bicyclic) bond motifs is 1. The second-order valence-electron chi connectivity index (χ2n) is 5.79. The zero-order valence-corrected chi connectivity index (χ0v) is 14.9. The van der Waals surface area contributed by atoms with Crippen molar-refractivity contribution in [1.29, 1.82) is 0 Å². The first-order valence-electron chi connectivity index (χ1n) is 8.11. The number of pyridine rings is 1. The molecule has 0 saturated carbocycles. The molecule has 1 N–H and O–H groups in total. The second kappa shape index (κ2) is 7.97. The standard InChI is InChI=1S/C20H17ClN2O3/c1-13(14-7-3-2-4-8-14)22-19(24)12-26-20(25)16-11-18(21)23-17-10-6-5-9-15(16)17/h2-11,13H,12H2,1H3,(H,22,24)/t13-/m1/s1. The maximum atomic E-state index is 12.4. The number of esters is 1. The van der Waals surface area contributed by atoms with E-state index in [1.54, 1.807) is 24.3 Å². The average molecular weight is 369 g/mol. The van der Waals surface area contributed by atoms with E-state index in [-0.39, 0.29) is 29.3 Å². The van der Waals surface area contributed by atoms with Crippen LogP contribution in [-0.4, -0.2) is 23.5 Å². The molecule has 1 atom stereocenters. The molecule has 0 aliphatic rings. The fourth-order valence-corrected chi connectivity index (χ4v) is 2.83. The zero-order valence-electron chi connectivity index (χ0n) is 14.1. The summed E-state index contributed by atoms with van der Waals surface area (Å²) in [5, 5.41) is 3.61. The van der Waals surface area contributed by atoms with Gasteiger partial charge in [0.05, 0.1) is 17.1 Å². The van der Waals surface area contributed by atoms with Crippen LogP contribution in [0.15, 0.2) is 60.7 Å². The Morgan fingerprint density at radius 3 is 2.58 bits per heavy atom. The van der Waals surface area contributed by atoms with E-state index in [9.17, 15) is 9.59 Å². The Balaban J connectivity index is 1.65. The monoisotopic (exact) mass is 368 g/mol. The summed E-state index contributed by atoms with van der Waals surface area (Å²) >= 11 is 5.97. The summed E-state index contributed by atoms with van der Waals surface area (Å²) in [4.78, 5) is 28.6. The minimum Gasteiger partial charge on any atom is -0.452 e. The number of amides is 1. The van der Waals surface area contributed by atoms with Gasteiger partial charge in [0, 0.05) is 5.39 Å². The second-order valence-corrected chi connectivity index (χ2v) is 6.17. The zero-order chi connectivity index (χ0) is 18.5. The molecule has 0 unspecified atom stereocenters. The summed E-state index contributed by atoms with van der Waals surface area (Å²) < 4.78 is 5.15. The van der Waals surface area contributed by atoms with Crippen molar-refractivity contribution in [2.75, 3.05) is 6.61 Å². The number of halogens is 1. The highest BCUT2D eigenvalue weighted by atomic mass is 35.5. The molecular formula is C20H17ClN2O3. The van der Waals surface area contributed by atoms with Gasteiger partial charge in [0.15, 0.2) is 6.61 Å². The van der Waals surface area contributed by atoms with Crippen molar-refractivity contribution in [2.45, 2.75) is 13.0 Å². The van der Waals surface area contributed by atoms with Gasteiger partial charge in [-0.3, -0.25) is 4.79 Å². The van der Waals surface area contributed by atoms with Crippen LogP contribution in [-0.2, 0) is 9.53 Å². The van der Waals surface area contributed by atoms with Crippen LogP contribution < -0.4 is 5.32 Å². The van der Waals surface area contributed by atoms with Crippen molar-refractivity contribution < 1.29 is 14.3 Å². The molecule has 132 valence electrons. The third-order valence-corrected chi connectivity index (χ3v) is 4.11. The highest BCUT2D eigenvalue weighted by Crippen LogP contribution is 2.21. The van der Waals surface area contributed by atoms with E-state index in [0.717, 1.165) is 5.56 Å². The van der Waals surface area contributed by atoms with Crippen molar-refractivity contribution in [1.82, 2.24) is 10.3 Å². The molecule has 0 saturated heterocycles. The van der Waals surface area contributed by atoms with Gasteiger partial charge in [-0.25, -0.2) is 9.78 Å². The molecule has 0 fully saturated rings. The number of nitrogens with zero attached hydrogens (tertiary/aromatic N) is 1. The fraction of sp³-hybridized carbons (Fsp3) is 0.150. The van der Waals surface area contributed by atoms with Gasteiger partial charge in [0.1, 0.15) is 5.15 Å². The highest BCUT2D eigenvalue weighted by molar-refractivity contribution is 6.30. The van der Waals surface area contributed by atoms with Gasteiger partial charge in [0.2, 0.25) is 0 Å². The summed E-state index contributed by atoms with van der Waals surface area (Å²) in [6.45, 7) is 1.50. The minimum atomic E-state index is -0.618. The Hall–Kier alpha value is -2.92. The molecule has 1 heterocycles. The molecule has 0 radical (unpaired) electrons. The van der Waals surface area contributed by atoms with Crippen LogP contribution in [0.4, 0.5) is 0 Å². The maximum Gasteiger partial charge on any atom is 0.339 e. The van der Waals surface area contributed by atoms with E-state index in [2.05, 4.69) is 10.3 Å². The molecule has 26 heavy (non-hydrogen) atoms. The SMILES string of the molecule is C[C@@H](NC(=O)COC(=O)c1cc(Cl)nc2ccccc12)c1ccccc1. The van der Waals surface area contributed by atoms with Crippen LogP contribution in [0, 0.1) is 0 Å². The van der Waals surface area contributed by atoms with Crippen molar-refractivity contribution in [3.8, 4) is 0 Å². The highest BCUT2D eigenvalue weighted by Gasteiger charge is 2.16. The summed E-state index contributed by atoms with van der Waals surface area (Å²) in [6, 6.07) is 17.9. The Morgan fingerprint density at radius 2 is 1.81 bits per heavy atom. The van der Waals surface area contributed by atoms with Crippen molar-refractivity contribution in [2.24, 2.45) is 0 Å². The molecule has 3 aromatic rings. The molecule has 5 nitrogen and oxygen atoms in total. The first-order valence-corrected chi connectivity index (χ1v) is 8.49. The van der Waals surface area contributed by atoms with E-state index in [0.29, 0.717) is 10.9 Å². The molecule has 2 aromatic carbocycles. The third-order valence-electron chi connectivity index (χ3n) is 3.92. The van der Waals surface area contributed by atoms with Crippen molar-refractivity contribution >= 4 is 34.4 Å². The van der Waals surface area contributed by atoms with Gasteiger partial charge in [-0.15, -0.1) is 0 Å². The molecule has 1 amide bonds. The molecule has 0 spiro atoms. The smallest absolute Gasteiger partial charge is 0.339 e. The van der Waals surface area contributed by atoms with Crippen LogP contribution in [0.2, 0.25) is 5.15 Å². The van der Waals surface area contributed by atoms with Gasteiger partial charge in [-0.05, 0) is 24.6 Å². The van der Waals surface area contributed by atoms with Crippen LogP contribution in [0.5, 0.6) is 0 Å². The predicted molar refractivity (Wildman–Crippen MR) is 100 cm³/mol. The normalized spacial score (nSPS) is 11.8. The lowest BCUT2D eigenvalue weighted by molar-refractivity contribution is -0.124. The molecule has 0 aliphatic heterocycles.